The van der Waals surface area contributed by atoms with Crippen molar-refractivity contribution in [3.63, 3.8) is 0 Å². The van der Waals surface area contributed by atoms with E-state index < -0.39 is 6.04 Å². The molecule has 11 nitrogen and oxygen atoms in total. The van der Waals surface area contributed by atoms with E-state index in [0.29, 0.717) is 48.8 Å². The zero-order chi connectivity index (χ0) is 41.0. The van der Waals surface area contributed by atoms with E-state index in [0.717, 1.165) is 82.0 Å². The third kappa shape index (κ3) is 7.29. The molecule has 0 radical (unpaired) electrons. The van der Waals surface area contributed by atoms with Crippen molar-refractivity contribution in [2.75, 3.05) is 62.8 Å². The van der Waals surface area contributed by atoms with Crippen LogP contribution < -0.4 is 19.9 Å². The minimum atomic E-state index is -0.586. The Morgan fingerprint density at radius 3 is 2.38 bits per heavy atom. The van der Waals surface area contributed by atoms with Crippen LogP contribution in [-0.4, -0.2) is 103 Å². The third-order valence-electron chi connectivity index (χ3n) is 14.3. The van der Waals surface area contributed by atoms with Gasteiger partial charge in [-0.05, 0) is 122 Å². The van der Waals surface area contributed by atoms with Gasteiger partial charge in [0.05, 0.1) is 17.3 Å². The highest BCUT2D eigenvalue weighted by Crippen LogP contribution is 2.48. The Labute approximate surface area is 352 Å². The highest BCUT2D eigenvalue weighted by molar-refractivity contribution is 6.06. The summed E-state index contributed by atoms with van der Waals surface area (Å²) in [6.45, 7) is 6.99. The van der Waals surface area contributed by atoms with E-state index in [1.165, 1.54) is 40.8 Å². The number of rotatable bonds is 4. The number of benzene rings is 4. The molecule has 7 aliphatic rings. The number of ether oxygens (including phenoxy) is 2. The Hall–Kier alpha value is -5.39. The first-order chi connectivity index (χ1) is 29.2. The SMILES string of the molecule is CN1CCN2c3cc4c(cc3OCC2C1)C(=O)N(C1CCC(=O)NC1=O)C4.Oc1ccc2c(c1)CCC(c1ccccc1)C2c1ccc(N2CCC3(CCCO3)CC2)cc1. The van der Waals surface area contributed by atoms with Gasteiger partial charge < -0.3 is 34.2 Å². The Balaban J connectivity index is 0.000000147. The lowest BCUT2D eigenvalue weighted by Gasteiger charge is -2.44. The lowest BCUT2D eigenvalue weighted by molar-refractivity contribution is -0.136. The summed E-state index contributed by atoms with van der Waals surface area (Å²) in [5, 5.41) is 12.4. The summed E-state index contributed by atoms with van der Waals surface area (Å²) >= 11 is 0. The summed E-state index contributed by atoms with van der Waals surface area (Å²) in [5.41, 5.74) is 9.47. The topological polar surface area (TPSA) is 115 Å². The van der Waals surface area contributed by atoms with Crippen LogP contribution in [0.25, 0.3) is 0 Å². The molecule has 4 aromatic carbocycles. The van der Waals surface area contributed by atoms with Crippen LogP contribution in [0.2, 0.25) is 0 Å². The second kappa shape index (κ2) is 15.9. The molecule has 60 heavy (non-hydrogen) atoms. The zero-order valence-electron chi connectivity index (χ0n) is 34.5. The van der Waals surface area contributed by atoms with E-state index in [-0.39, 0.29) is 29.7 Å². The van der Waals surface area contributed by atoms with Gasteiger partial charge in [0.25, 0.3) is 5.91 Å². The molecule has 2 N–H and O–H groups in total. The number of amides is 3. The van der Waals surface area contributed by atoms with Gasteiger partial charge in [-0.1, -0.05) is 48.5 Å². The monoisotopic (exact) mass is 809 g/mol. The number of nitrogens with one attached hydrogen (secondary N) is 1. The number of likely N-dealkylation sites (N-methyl/N-ethyl adjacent to an activating group) is 1. The van der Waals surface area contributed by atoms with Crippen molar-refractivity contribution in [1.29, 1.82) is 0 Å². The highest BCUT2D eigenvalue weighted by atomic mass is 16.5. The molecular weight excluding hydrogens is 755 g/mol. The van der Waals surface area contributed by atoms with E-state index in [4.69, 9.17) is 9.47 Å². The van der Waals surface area contributed by atoms with Crippen molar-refractivity contribution < 1.29 is 29.0 Å². The van der Waals surface area contributed by atoms with Crippen LogP contribution >= 0.6 is 0 Å². The molecule has 1 spiro atoms. The number of nitrogens with zero attached hydrogens (tertiary/aromatic N) is 4. The average molecular weight is 810 g/mol. The van der Waals surface area contributed by atoms with Crippen LogP contribution in [-0.2, 0) is 27.3 Å². The number of phenols is 1. The largest absolute Gasteiger partial charge is 0.508 e. The van der Waals surface area contributed by atoms with Gasteiger partial charge in [0, 0.05) is 69.5 Å². The molecule has 312 valence electrons. The van der Waals surface area contributed by atoms with Crippen LogP contribution in [0.4, 0.5) is 11.4 Å². The minimum Gasteiger partial charge on any atom is -0.508 e. The molecule has 4 aromatic rings. The van der Waals surface area contributed by atoms with E-state index in [2.05, 4.69) is 87.7 Å². The maximum absolute atomic E-state index is 12.9. The van der Waals surface area contributed by atoms with Gasteiger partial charge in [0.15, 0.2) is 0 Å². The van der Waals surface area contributed by atoms with E-state index in [9.17, 15) is 19.5 Å². The first-order valence-corrected chi connectivity index (χ1v) is 22.0. The standard InChI is InChI=1S/C30H33NO2.C19H22N4O4/c32-26-12-14-28-24(21-26)9-13-27(22-5-2-1-3-6-22)29(28)23-7-10-25(11-8-23)31-18-16-30(17-19-31)15-4-20-33-30;1-21-4-5-22-12(9-21)10-27-16-7-13-11(6-15(16)22)8-23(19(13)26)14-2-3-17(24)20-18(14)25/h1-3,5-8,10-12,14,21,27,29,32H,4,9,13,15-20H2;6-7,12,14H,2-5,8-10H2,1H3,(H,20,24,25). The fourth-order valence-corrected chi connectivity index (χ4v) is 11.1. The molecule has 4 atom stereocenters. The Morgan fingerprint density at radius 2 is 1.62 bits per heavy atom. The number of anilines is 2. The molecule has 6 aliphatic heterocycles. The quantitative estimate of drug-likeness (QED) is 0.227. The van der Waals surface area contributed by atoms with Crippen molar-refractivity contribution in [2.24, 2.45) is 0 Å². The number of imide groups is 1. The summed E-state index contributed by atoms with van der Waals surface area (Å²) in [4.78, 5) is 45.3. The van der Waals surface area contributed by atoms with Crippen LogP contribution in [0.3, 0.4) is 0 Å². The molecule has 1 aliphatic carbocycles. The number of phenolic OH excluding ortho intramolecular Hbond substituents is 1. The van der Waals surface area contributed by atoms with Crippen LogP contribution in [0.15, 0.2) is 84.9 Å². The van der Waals surface area contributed by atoms with Gasteiger partial charge in [-0.15, -0.1) is 0 Å². The van der Waals surface area contributed by atoms with Gasteiger partial charge in [0.2, 0.25) is 11.8 Å². The Bertz CT molecular complexity index is 2270. The number of hydrogen-bond acceptors (Lipinski definition) is 9. The first kappa shape index (κ1) is 38.8. The molecule has 4 saturated heterocycles. The van der Waals surface area contributed by atoms with Gasteiger partial charge in [-0.25, -0.2) is 0 Å². The van der Waals surface area contributed by atoms with Crippen molar-refractivity contribution in [3.05, 3.63) is 118 Å². The lowest BCUT2D eigenvalue weighted by Crippen LogP contribution is -2.56. The Kier molecular flexibility index (Phi) is 10.3. The summed E-state index contributed by atoms with van der Waals surface area (Å²) in [6.07, 6.45) is 7.49. The molecule has 4 fully saturated rings. The number of fused-ring (bicyclic) bond motifs is 5. The maximum Gasteiger partial charge on any atom is 0.255 e. The zero-order valence-corrected chi connectivity index (χ0v) is 34.5. The van der Waals surface area contributed by atoms with Crippen molar-refractivity contribution in [2.45, 2.75) is 87.4 Å². The molecule has 0 aromatic heterocycles. The summed E-state index contributed by atoms with van der Waals surface area (Å²) in [7, 11) is 2.12. The fourth-order valence-electron chi connectivity index (χ4n) is 11.1. The summed E-state index contributed by atoms with van der Waals surface area (Å²) in [5.74, 6) is 1.05. The van der Waals surface area contributed by atoms with Crippen LogP contribution in [0, 0.1) is 0 Å². The number of piperidine rings is 2. The number of carbonyl (C=O) groups is 3. The average Bonchev–Trinajstić information content (AvgIpc) is 3.86. The van der Waals surface area contributed by atoms with Gasteiger partial charge in [0.1, 0.15) is 24.1 Å². The fraction of sp³-hybridized carbons (Fsp3) is 0.449. The molecule has 3 amide bonds. The highest BCUT2D eigenvalue weighted by Gasteiger charge is 2.42. The molecule has 6 heterocycles. The summed E-state index contributed by atoms with van der Waals surface area (Å²) < 4.78 is 12.1. The van der Waals surface area contributed by atoms with E-state index in [1.807, 2.05) is 24.3 Å². The predicted octanol–water partition coefficient (Wildman–Crippen LogP) is 6.36. The number of aromatic hydroxyl groups is 1. The molecule has 0 saturated carbocycles. The van der Waals surface area contributed by atoms with Crippen LogP contribution in [0.5, 0.6) is 11.5 Å². The van der Waals surface area contributed by atoms with Gasteiger partial charge in [-0.3, -0.25) is 19.7 Å². The molecule has 4 unspecified atom stereocenters. The summed E-state index contributed by atoms with van der Waals surface area (Å²) in [6, 6.07) is 29.8. The minimum absolute atomic E-state index is 0.161. The van der Waals surface area contributed by atoms with E-state index >= 15 is 0 Å². The van der Waals surface area contributed by atoms with Crippen molar-refractivity contribution in [3.8, 4) is 11.5 Å². The van der Waals surface area contributed by atoms with Gasteiger partial charge >= 0.3 is 0 Å². The molecular formula is C49H55N5O6. The van der Waals surface area contributed by atoms with Crippen molar-refractivity contribution in [1.82, 2.24) is 15.1 Å². The maximum atomic E-state index is 12.9. The number of aryl methyl sites for hydroxylation is 1. The predicted molar refractivity (Wildman–Crippen MR) is 230 cm³/mol. The smallest absolute Gasteiger partial charge is 0.255 e. The number of carbonyl (C=O) groups excluding carboxylic acids is 3. The second-order valence-electron chi connectivity index (χ2n) is 17.9. The normalized spacial score (nSPS) is 25.7. The van der Waals surface area contributed by atoms with Gasteiger partial charge in [-0.2, -0.15) is 0 Å². The molecule has 0 bridgehead atoms. The number of piperazine rings is 1. The second-order valence-corrected chi connectivity index (χ2v) is 17.9. The molecule has 11 heteroatoms. The van der Waals surface area contributed by atoms with E-state index in [1.54, 1.807) is 4.90 Å². The lowest BCUT2D eigenvalue weighted by atomic mass is 9.69. The molecule has 11 rings (SSSR count). The Morgan fingerprint density at radius 1 is 0.800 bits per heavy atom. The third-order valence-corrected chi connectivity index (χ3v) is 14.3. The van der Waals surface area contributed by atoms with Crippen molar-refractivity contribution >= 4 is 29.1 Å². The first-order valence-electron chi connectivity index (χ1n) is 22.0. The number of hydrogen-bond donors (Lipinski definition) is 2. The van der Waals surface area contributed by atoms with Crippen LogP contribution in [0.1, 0.15) is 95.0 Å².